The van der Waals surface area contributed by atoms with Crippen LogP contribution in [0.3, 0.4) is 0 Å². The normalized spacial score (nSPS) is 20.3. The van der Waals surface area contributed by atoms with Crippen LogP contribution in [0.15, 0.2) is 6.33 Å². The third kappa shape index (κ3) is 2.49. The van der Waals surface area contributed by atoms with E-state index in [2.05, 4.69) is 21.8 Å². The molecule has 1 aliphatic carbocycles. The molecule has 0 spiro atoms. The zero-order chi connectivity index (χ0) is 14.9. The van der Waals surface area contributed by atoms with Crippen molar-refractivity contribution in [3.8, 4) is 0 Å². The third-order valence-electron chi connectivity index (χ3n) is 5.05. The van der Waals surface area contributed by atoms with E-state index in [4.69, 9.17) is 0 Å². The number of carboxylic acid groups (broad SMARTS) is 1. The molecular weight excluding hydrogens is 266 g/mol. The molecule has 2 aliphatic rings. The SMILES string of the molecule is CCCC1(C(=O)O)CCN(c2ncnc3c2CCC3)CC1. The Bertz CT molecular complexity index is 536. The fourth-order valence-corrected chi connectivity index (χ4v) is 3.81. The number of hydrogen-bond donors (Lipinski definition) is 1. The van der Waals surface area contributed by atoms with Crippen LogP contribution in [0.1, 0.15) is 50.3 Å². The molecule has 3 rings (SSSR count). The Morgan fingerprint density at radius 3 is 2.76 bits per heavy atom. The molecule has 1 aromatic heterocycles. The number of carboxylic acids is 1. The lowest BCUT2D eigenvalue weighted by Crippen LogP contribution is -2.45. The summed E-state index contributed by atoms with van der Waals surface area (Å²) in [6.45, 7) is 3.64. The van der Waals surface area contributed by atoms with Crippen LogP contribution in [-0.4, -0.2) is 34.1 Å². The Hall–Kier alpha value is -1.65. The molecule has 0 atom stereocenters. The predicted octanol–water partition coefficient (Wildman–Crippen LogP) is 2.44. The molecule has 5 nitrogen and oxygen atoms in total. The molecule has 21 heavy (non-hydrogen) atoms. The Kier molecular flexibility index (Phi) is 3.83. The number of rotatable bonds is 4. The second-order valence-electron chi connectivity index (χ2n) is 6.30. The number of fused-ring (bicyclic) bond motifs is 1. The van der Waals surface area contributed by atoms with E-state index in [1.807, 2.05) is 0 Å². The van der Waals surface area contributed by atoms with Crippen molar-refractivity contribution in [2.24, 2.45) is 5.41 Å². The summed E-state index contributed by atoms with van der Waals surface area (Å²) < 4.78 is 0. The fraction of sp³-hybridized carbons (Fsp3) is 0.688. The average molecular weight is 289 g/mol. The number of carbonyl (C=O) groups is 1. The highest BCUT2D eigenvalue weighted by molar-refractivity contribution is 5.75. The molecule has 0 radical (unpaired) electrons. The smallest absolute Gasteiger partial charge is 0.309 e. The van der Waals surface area contributed by atoms with E-state index in [0.717, 1.165) is 63.9 Å². The van der Waals surface area contributed by atoms with Gasteiger partial charge in [0, 0.05) is 24.3 Å². The molecule has 1 N–H and O–H groups in total. The highest BCUT2D eigenvalue weighted by atomic mass is 16.4. The summed E-state index contributed by atoms with van der Waals surface area (Å²) in [5.74, 6) is 0.421. The van der Waals surface area contributed by atoms with Gasteiger partial charge < -0.3 is 10.0 Å². The van der Waals surface area contributed by atoms with Crippen molar-refractivity contribution in [1.82, 2.24) is 9.97 Å². The second kappa shape index (κ2) is 5.62. The maximum atomic E-state index is 11.7. The topological polar surface area (TPSA) is 66.3 Å². The average Bonchev–Trinajstić information content (AvgIpc) is 2.96. The molecule has 5 heteroatoms. The predicted molar refractivity (Wildman–Crippen MR) is 80.5 cm³/mol. The first kappa shape index (κ1) is 14.3. The quantitative estimate of drug-likeness (QED) is 0.922. The van der Waals surface area contributed by atoms with Crippen molar-refractivity contribution < 1.29 is 9.90 Å². The molecule has 114 valence electrons. The van der Waals surface area contributed by atoms with Crippen molar-refractivity contribution in [3.05, 3.63) is 17.6 Å². The number of piperidine rings is 1. The first-order valence-corrected chi connectivity index (χ1v) is 7.97. The van der Waals surface area contributed by atoms with Crippen molar-refractivity contribution >= 4 is 11.8 Å². The van der Waals surface area contributed by atoms with Crippen LogP contribution < -0.4 is 4.90 Å². The maximum Gasteiger partial charge on any atom is 0.309 e. The Labute approximate surface area is 125 Å². The van der Waals surface area contributed by atoms with Crippen LogP contribution >= 0.6 is 0 Å². The van der Waals surface area contributed by atoms with Crippen molar-refractivity contribution in [2.75, 3.05) is 18.0 Å². The molecule has 0 amide bonds. The maximum absolute atomic E-state index is 11.7. The minimum absolute atomic E-state index is 0.526. The highest BCUT2D eigenvalue weighted by Crippen LogP contribution is 2.39. The molecule has 1 aromatic rings. The summed E-state index contributed by atoms with van der Waals surface area (Å²) in [7, 11) is 0. The molecule has 1 aliphatic heterocycles. The van der Waals surface area contributed by atoms with Crippen LogP contribution in [-0.2, 0) is 17.6 Å². The van der Waals surface area contributed by atoms with E-state index in [-0.39, 0.29) is 0 Å². The van der Waals surface area contributed by atoms with E-state index in [9.17, 15) is 9.90 Å². The van der Waals surface area contributed by atoms with Crippen molar-refractivity contribution in [2.45, 2.75) is 51.9 Å². The Morgan fingerprint density at radius 2 is 2.10 bits per heavy atom. The molecule has 0 unspecified atom stereocenters. The number of hydrogen-bond acceptors (Lipinski definition) is 4. The second-order valence-corrected chi connectivity index (χ2v) is 6.30. The first-order chi connectivity index (χ1) is 10.2. The van der Waals surface area contributed by atoms with Gasteiger partial charge in [-0.25, -0.2) is 9.97 Å². The monoisotopic (exact) mass is 289 g/mol. The summed E-state index contributed by atoms with van der Waals surface area (Å²) in [6, 6.07) is 0. The van der Waals surface area contributed by atoms with Gasteiger partial charge in [0.1, 0.15) is 12.1 Å². The standard InChI is InChI=1S/C16H23N3O2/c1-2-6-16(15(20)21)7-9-19(10-8-16)14-12-4-3-5-13(12)17-11-18-14/h11H,2-10H2,1H3,(H,20,21). The van der Waals surface area contributed by atoms with Gasteiger partial charge in [-0.05, 0) is 38.5 Å². The van der Waals surface area contributed by atoms with Crippen LogP contribution in [0.25, 0.3) is 0 Å². The van der Waals surface area contributed by atoms with Crippen LogP contribution in [0.5, 0.6) is 0 Å². The molecule has 0 aromatic carbocycles. The van der Waals surface area contributed by atoms with Gasteiger partial charge in [0.05, 0.1) is 5.41 Å². The van der Waals surface area contributed by atoms with Crippen LogP contribution in [0.2, 0.25) is 0 Å². The zero-order valence-corrected chi connectivity index (χ0v) is 12.6. The number of anilines is 1. The van der Waals surface area contributed by atoms with E-state index in [0.29, 0.717) is 0 Å². The van der Waals surface area contributed by atoms with E-state index >= 15 is 0 Å². The van der Waals surface area contributed by atoms with Crippen LogP contribution in [0, 0.1) is 5.41 Å². The summed E-state index contributed by atoms with van der Waals surface area (Å²) >= 11 is 0. The van der Waals surface area contributed by atoms with Gasteiger partial charge in [0.15, 0.2) is 0 Å². The molecular formula is C16H23N3O2. The lowest BCUT2D eigenvalue weighted by atomic mass is 9.75. The van der Waals surface area contributed by atoms with Gasteiger partial charge in [-0.2, -0.15) is 0 Å². The van der Waals surface area contributed by atoms with E-state index in [1.54, 1.807) is 6.33 Å². The van der Waals surface area contributed by atoms with Crippen molar-refractivity contribution in [1.29, 1.82) is 0 Å². The zero-order valence-electron chi connectivity index (χ0n) is 12.6. The van der Waals surface area contributed by atoms with Gasteiger partial charge in [0.2, 0.25) is 0 Å². The minimum atomic E-state index is -0.628. The van der Waals surface area contributed by atoms with Gasteiger partial charge in [-0.3, -0.25) is 4.79 Å². The highest BCUT2D eigenvalue weighted by Gasteiger charge is 2.41. The molecule has 2 heterocycles. The fourth-order valence-electron chi connectivity index (χ4n) is 3.81. The Balaban J connectivity index is 1.77. The van der Waals surface area contributed by atoms with Crippen molar-refractivity contribution in [3.63, 3.8) is 0 Å². The van der Waals surface area contributed by atoms with Gasteiger partial charge in [-0.1, -0.05) is 13.3 Å². The van der Waals surface area contributed by atoms with Gasteiger partial charge in [-0.15, -0.1) is 0 Å². The summed E-state index contributed by atoms with van der Waals surface area (Å²) in [4.78, 5) is 22.8. The number of aromatic nitrogens is 2. The number of aryl methyl sites for hydroxylation is 1. The largest absolute Gasteiger partial charge is 0.481 e. The van der Waals surface area contributed by atoms with Crippen LogP contribution in [0.4, 0.5) is 5.82 Å². The molecule has 0 bridgehead atoms. The molecule has 1 saturated heterocycles. The molecule has 1 fully saturated rings. The summed E-state index contributed by atoms with van der Waals surface area (Å²) in [5, 5.41) is 9.59. The first-order valence-electron chi connectivity index (χ1n) is 7.97. The van der Waals surface area contributed by atoms with E-state index in [1.165, 1.54) is 11.3 Å². The lowest BCUT2D eigenvalue weighted by molar-refractivity contribution is -0.150. The summed E-state index contributed by atoms with van der Waals surface area (Å²) in [6.07, 6.45) is 8.06. The Morgan fingerprint density at radius 1 is 1.33 bits per heavy atom. The minimum Gasteiger partial charge on any atom is -0.481 e. The lowest BCUT2D eigenvalue weighted by Gasteiger charge is -2.39. The number of aliphatic carboxylic acids is 1. The van der Waals surface area contributed by atoms with E-state index < -0.39 is 11.4 Å². The van der Waals surface area contributed by atoms with Gasteiger partial charge >= 0.3 is 5.97 Å². The number of nitrogens with zero attached hydrogens (tertiary/aromatic N) is 3. The molecule has 0 saturated carbocycles. The third-order valence-corrected chi connectivity index (χ3v) is 5.05. The van der Waals surface area contributed by atoms with Gasteiger partial charge in [0.25, 0.3) is 0 Å². The summed E-state index contributed by atoms with van der Waals surface area (Å²) in [5.41, 5.74) is 1.95.